The number of thiophene rings is 1. The molecular weight excluding hydrogens is 379 g/mol. The lowest BCUT2D eigenvalue weighted by atomic mass is 10.1. The van der Waals surface area contributed by atoms with E-state index in [0.717, 1.165) is 41.7 Å². The van der Waals surface area contributed by atoms with Crippen LogP contribution in [0.5, 0.6) is 0 Å². The highest BCUT2D eigenvalue weighted by Crippen LogP contribution is 2.32. The van der Waals surface area contributed by atoms with Crippen LogP contribution in [0.15, 0.2) is 41.4 Å². The second-order valence-electron chi connectivity index (χ2n) is 7.01. The van der Waals surface area contributed by atoms with Gasteiger partial charge in [-0.3, -0.25) is 9.69 Å². The van der Waals surface area contributed by atoms with Crippen LogP contribution in [0.2, 0.25) is 0 Å². The van der Waals surface area contributed by atoms with Crippen LogP contribution in [-0.4, -0.2) is 22.0 Å². The highest BCUT2D eigenvalue weighted by atomic mass is 32.1. The summed E-state index contributed by atoms with van der Waals surface area (Å²) in [6, 6.07) is 8.60. The lowest BCUT2D eigenvalue weighted by molar-refractivity contribution is -0.124. The molecule has 1 saturated heterocycles. The summed E-state index contributed by atoms with van der Waals surface area (Å²) in [5.74, 6) is -0.295. The lowest BCUT2D eigenvalue weighted by Gasteiger charge is -2.25. The van der Waals surface area contributed by atoms with E-state index in [0.29, 0.717) is 10.8 Å². The van der Waals surface area contributed by atoms with E-state index in [1.54, 1.807) is 28.4 Å². The zero-order valence-electron chi connectivity index (χ0n) is 14.9. The topological polar surface area (TPSA) is 32.3 Å². The van der Waals surface area contributed by atoms with Crippen molar-refractivity contribution in [1.82, 2.24) is 10.2 Å². The van der Waals surface area contributed by atoms with Crippen LogP contribution in [0.3, 0.4) is 0 Å². The van der Waals surface area contributed by atoms with Crippen molar-refractivity contribution in [3.05, 3.63) is 52.1 Å². The predicted molar refractivity (Wildman–Crippen MR) is 112 cm³/mol. The van der Waals surface area contributed by atoms with Crippen molar-refractivity contribution < 1.29 is 9.18 Å². The molecule has 0 unspecified atom stereocenters. The zero-order valence-corrected chi connectivity index (χ0v) is 16.5. The Morgan fingerprint density at radius 1 is 1.11 bits per heavy atom. The van der Waals surface area contributed by atoms with Gasteiger partial charge in [0.1, 0.15) is 11.5 Å². The van der Waals surface area contributed by atoms with Gasteiger partial charge >= 0.3 is 0 Å². The van der Waals surface area contributed by atoms with Crippen molar-refractivity contribution in [1.29, 1.82) is 0 Å². The van der Waals surface area contributed by atoms with E-state index in [1.165, 1.54) is 25.0 Å². The molecule has 0 spiro atoms. The summed E-state index contributed by atoms with van der Waals surface area (Å²) in [5, 5.41) is 5.60. The number of nitrogens with zero attached hydrogens (tertiary/aromatic N) is 1. The summed E-state index contributed by atoms with van der Waals surface area (Å²) in [6.07, 6.45) is 8.66. The van der Waals surface area contributed by atoms with Gasteiger partial charge in [-0.05, 0) is 65.8 Å². The Hall–Kier alpha value is -2.05. The van der Waals surface area contributed by atoms with Gasteiger partial charge in [-0.1, -0.05) is 37.8 Å². The average Bonchev–Trinajstić information content (AvgIpc) is 3.10. The van der Waals surface area contributed by atoms with E-state index < -0.39 is 0 Å². The third-order valence-electron chi connectivity index (χ3n) is 5.23. The number of halogens is 1. The summed E-state index contributed by atoms with van der Waals surface area (Å²) >= 11 is 7.03. The standard InChI is InChI=1S/C21H21FN2OS2/c22-15-9-7-14(8-10-15)17-11-12-27-19(17)13-18-20(25)24(21(26)23-18)16-5-3-1-2-4-6-16/h7-13,16H,1-6H2,(H,23,26). The maximum atomic E-state index is 13.2. The summed E-state index contributed by atoms with van der Waals surface area (Å²) < 4.78 is 13.2. The molecule has 3 nitrogen and oxygen atoms in total. The highest BCUT2D eigenvalue weighted by Gasteiger charge is 2.36. The highest BCUT2D eigenvalue weighted by molar-refractivity contribution is 7.80. The van der Waals surface area contributed by atoms with Gasteiger partial charge in [0.25, 0.3) is 5.91 Å². The van der Waals surface area contributed by atoms with Crippen molar-refractivity contribution >= 4 is 40.7 Å². The largest absolute Gasteiger partial charge is 0.328 e. The van der Waals surface area contributed by atoms with Gasteiger partial charge < -0.3 is 5.32 Å². The van der Waals surface area contributed by atoms with E-state index in [4.69, 9.17) is 12.2 Å². The molecule has 1 aromatic carbocycles. The smallest absolute Gasteiger partial charge is 0.276 e. The van der Waals surface area contributed by atoms with E-state index in [-0.39, 0.29) is 17.8 Å². The summed E-state index contributed by atoms with van der Waals surface area (Å²) in [7, 11) is 0. The van der Waals surface area contributed by atoms with Crippen LogP contribution in [0.25, 0.3) is 17.2 Å². The number of hydrogen-bond donors (Lipinski definition) is 1. The quantitative estimate of drug-likeness (QED) is 0.429. The third kappa shape index (κ3) is 3.82. The van der Waals surface area contributed by atoms with Gasteiger partial charge in [-0.15, -0.1) is 11.3 Å². The zero-order chi connectivity index (χ0) is 18.8. The Morgan fingerprint density at radius 2 is 1.81 bits per heavy atom. The van der Waals surface area contributed by atoms with Crippen molar-refractivity contribution in [2.75, 3.05) is 0 Å². The Labute approximate surface area is 167 Å². The molecule has 2 aliphatic rings. The van der Waals surface area contributed by atoms with Crippen molar-refractivity contribution in [3.8, 4) is 11.1 Å². The monoisotopic (exact) mass is 400 g/mol. The molecule has 0 bridgehead atoms. The van der Waals surface area contributed by atoms with Crippen molar-refractivity contribution in [3.63, 3.8) is 0 Å². The fourth-order valence-electron chi connectivity index (χ4n) is 3.83. The number of carbonyl (C=O) groups is 1. The number of rotatable bonds is 3. The van der Waals surface area contributed by atoms with Gasteiger partial charge in [0.05, 0.1) is 0 Å². The normalized spacial score (nSPS) is 20.2. The molecular formula is C21H21FN2OS2. The maximum Gasteiger partial charge on any atom is 0.276 e. The summed E-state index contributed by atoms with van der Waals surface area (Å²) in [5.41, 5.74) is 2.44. The number of nitrogens with one attached hydrogen (secondary N) is 1. The Bertz CT molecular complexity index is 880. The minimum atomic E-state index is -0.258. The molecule has 2 heterocycles. The first kappa shape index (κ1) is 18.3. The summed E-state index contributed by atoms with van der Waals surface area (Å²) in [4.78, 5) is 15.7. The first-order valence-electron chi connectivity index (χ1n) is 9.33. The van der Waals surface area contributed by atoms with E-state index in [2.05, 4.69) is 5.32 Å². The van der Waals surface area contributed by atoms with Crippen LogP contribution in [-0.2, 0) is 4.79 Å². The van der Waals surface area contributed by atoms with E-state index >= 15 is 0 Å². The fourth-order valence-corrected chi connectivity index (χ4v) is 5.02. The molecule has 1 aliphatic heterocycles. The van der Waals surface area contributed by atoms with Gasteiger partial charge in [0.15, 0.2) is 5.11 Å². The van der Waals surface area contributed by atoms with Crippen LogP contribution in [0.1, 0.15) is 43.4 Å². The molecule has 1 saturated carbocycles. The number of amides is 1. The third-order valence-corrected chi connectivity index (χ3v) is 6.39. The first-order valence-corrected chi connectivity index (χ1v) is 10.6. The molecule has 1 amide bonds. The van der Waals surface area contributed by atoms with Gasteiger partial charge in [-0.2, -0.15) is 0 Å². The van der Waals surface area contributed by atoms with E-state index in [9.17, 15) is 9.18 Å². The minimum Gasteiger partial charge on any atom is -0.328 e. The SMILES string of the molecule is O=C1C(=Cc2sccc2-c2ccc(F)cc2)NC(=S)N1C1CCCCCC1. The molecule has 1 aliphatic carbocycles. The Morgan fingerprint density at radius 3 is 2.52 bits per heavy atom. The second-order valence-corrected chi connectivity index (χ2v) is 8.35. The maximum absolute atomic E-state index is 13.2. The molecule has 27 heavy (non-hydrogen) atoms. The lowest BCUT2D eigenvalue weighted by Crippen LogP contribution is -2.40. The minimum absolute atomic E-state index is 0.0367. The van der Waals surface area contributed by atoms with Gasteiger partial charge in [0, 0.05) is 10.9 Å². The first-order chi connectivity index (χ1) is 13.1. The van der Waals surface area contributed by atoms with Crippen LogP contribution < -0.4 is 5.32 Å². The molecule has 2 aromatic rings. The Kier molecular flexibility index (Phi) is 5.36. The molecule has 6 heteroatoms. The second kappa shape index (κ2) is 7.90. The molecule has 1 aromatic heterocycles. The molecule has 4 rings (SSSR count). The Balaban J connectivity index is 1.60. The predicted octanol–water partition coefficient (Wildman–Crippen LogP) is 5.33. The van der Waals surface area contributed by atoms with Gasteiger partial charge in [-0.25, -0.2) is 4.39 Å². The molecule has 0 radical (unpaired) electrons. The summed E-state index contributed by atoms with van der Waals surface area (Å²) in [6.45, 7) is 0. The number of hydrogen-bond acceptors (Lipinski definition) is 3. The molecule has 0 atom stereocenters. The fraction of sp³-hybridized carbons (Fsp3) is 0.333. The molecule has 140 valence electrons. The van der Waals surface area contributed by atoms with Crippen LogP contribution in [0.4, 0.5) is 4.39 Å². The van der Waals surface area contributed by atoms with E-state index in [1.807, 2.05) is 17.5 Å². The van der Waals surface area contributed by atoms with Crippen LogP contribution >= 0.6 is 23.6 Å². The average molecular weight is 401 g/mol. The van der Waals surface area contributed by atoms with Crippen LogP contribution in [0, 0.1) is 5.82 Å². The van der Waals surface area contributed by atoms with Crippen molar-refractivity contribution in [2.24, 2.45) is 0 Å². The number of carbonyl (C=O) groups excluding carboxylic acids is 1. The molecule has 1 N–H and O–H groups in total. The number of benzene rings is 1. The number of thiocarbonyl (C=S) groups is 1. The van der Waals surface area contributed by atoms with Crippen molar-refractivity contribution in [2.45, 2.75) is 44.6 Å². The molecule has 2 fully saturated rings. The van der Waals surface area contributed by atoms with Gasteiger partial charge in [0.2, 0.25) is 0 Å².